The first-order valence-corrected chi connectivity index (χ1v) is 6.53. The van der Waals surface area contributed by atoms with E-state index in [0.717, 1.165) is 0 Å². The second-order valence-corrected chi connectivity index (χ2v) is 5.64. The number of nitrogens with one attached hydrogen (secondary N) is 1. The zero-order valence-electron chi connectivity index (χ0n) is 11.9. The van der Waals surface area contributed by atoms with Crippen LogP contribution in [0.2, 0.25) is 0 Å². The molecule has 2 unspecified atom stereocenters. The number of carbonyl (C=O) groups is 1. The van der Waals surface area contributed by atoms with Crippen molar-refractivity contribution in [2.24, 2.45) is 18.2 Å². The summed E-state index contributed by atoms with van der Waals surface area (Å²) in [5.74, 6) is 0.461. The number of amides is 1. The molecule has 1 amide bonds. The van der Waals surface area contributed by atoms with Crippen LogP contribution in [0.3, 0.4) is 0 Å². The molecular formula is C13H22N4O2. The molecule has 0 aromatic carbocycles. The van der Waals surface area contributed by atoms with Crippen molar-refractivity contribution in [3.8, 4) is 0 Å². The molecule has 1 aliphatic rings. The highest BCUT2D eigenvalue weighted by Crippen LogP contribution is 2.50. The first kappa shape index (κ1) is 14.0. The Morgan fingerprint density at radius 2 is 2.37 bits per heavy atom. The van der Waals surface area contributed by atoms with E-state index in [-0.39, 0.29) is 17.4 Å². The second kappa shape index (κ2) is 4.61. The Balaban J connectivity index is 2.10. The number of anilines is 1. The monoisotopic (exact) mass is 266 g/mol. The van der Waals surface area contributed by atoms with Gasteiger partial charge in [-0.3, -0.25) is 9.48 Å². The highest BCUT2D eigenvalue weighted by Gasteiger charge is 2.62. The van der Waals surface area contributed by atoms with Gasteiger partial charge in [0.2, 0.25) is 5.91 Å². The van der Waals surface area contributed by atoms with Gasteiger partial charge in [0, 0.05) is 31.6 Å². The summed E-state index contributed by atoms with van der Waals surface area (Å²) in [6.45, 7) is 6.52. The molecule has 2 atom stereocenters. The van der Waals surface area contributed by atoms with Gasteiger partial charge >= 0.3 is 0 Å². The Morgan fingerprint density at radius 3 is 2.84 bits per heavy atom. The summed E-state index contributed by atoms with van der Waals surface area (Å²) in [5.41, 5.74) is 5.00. The van der Waals surface area contributed by atoms with E-state index in [2.05, 4.69) is 10.4 Å². The van der Waals surface area contributed by atoms with Crippen LogP contribution in [0, 0.1) is 5.41 Å². The summed E-state index contributed by atoms with van der Waals surface area (Å²) in [6, 6.07) is 1.74. The molecular weight excluding hydrogens is 244 g/mol. The molecule has 1 aromatic heterocycles. The fourth-order valence-electron chi connectivity index (χ4n) is 2.54. The first-order valence-electron chi connectivity index (χ1n) is 6.53. The summed E-state index contributed by atoms with van der Waals surface area (Å²) in [6.07, 6.45) is 2.20. The number of aryl methyl sites for hydroxylation is 1. The number of rotatable bonds is 4. The van der Waals surface area contributed by atoms with E-state index in [1.807, 2.05) is 20.8 Å². The van der Waals surface area contributed by atoms with Crippen LogP contribution >= 0.6 is 0 Å². The van der Waals surface area contributed by atoms with Crippen molar-refractivity contribution in [3.63, 3.8) is 0 Å². The molecule has 1 heterocycles. The van der Waals surface area contributed by atoms with Crippen LogP contribution in [-0.2, 0) is 16.6 Å². The molecule has 0 spiro atoms. The third-order valence-electron chi connectivity index (χ3n) is 4.30. The maximum absolute atomic E-state index is 12.4. The van der Waals surface area contributed by atoms with E-state index in [4.69, 9.17) is 10.5 Å². The van der Waals surface area contributed by atoms with E-state index in [1.54, 1.807) is 24.0 Å². The van der Waals surface area contributed by atoms with Crippen LogP contribution in [0.15, 0.2) is 12.3 Å². The van der Waals surface area contributed by atoms with Crippen molar-refractivity contribution in [1.29, 1.82) is 0 Å². The summed E-state index contributed by atoms with van der Waals surface area (Å²) in [5, 5.41) is 6.84. The molecule has 2 rings (SSSR count). The van der Waals surface area contributed by atoms with Crippen LogP contribution in [-0.4, -0.2) is 33.9 Å². The van der Waals surface area contributed by atoms with Gasteiger partial charge in [-0.15, -0.1) is 0 Å². The molecule has 6 nitrogen and oxygen atoms in total. The fraction of sp³-hybridized carbons (Fsp3) is 0.692. The lowest BCUT2D eigenvalue weighted by molar-refractivity contribution is -0.166. The van der Waals surface area contributed by atoms with Crippen molar-refractivity contribution < 1.29 is 9.53 Å². The van der Waals surface area contributed by atoms with E-state index in [0.29, 0.717) is 18.8 Å². The molecule has 1 aliphatic carbocycles. The third kappa shape index (κ3) is 2.04. The lowest BCUT2D eigenvalue weighted by Crippen LogP contribution is -2.74. The summed E-state index contributed by atoms with van der Waals surface area (Å²) >= 11 is 0. The van der Waals surface area contributed by atoms with Gasteiger partial charge in [0.05, 0.1) is 12.3 Å². The number of nitrogens with two attached hydrogens (primary N) is 1. The minimum Gasteiger partial charge on any atom is -0.378 e. The SMILES string of the molecule is CCOC1CC(N)(C(=O)Nc2ccnn2C)C1(C)C. The Labute approximate surface area is 113 Å². The largest absolute Gasteiger partial charge is 0.378 e. The average Bonchev–Trinajstić information content (AvgIpc) is 2.74. The van der Waals surface area contributed by atoms with Crippen LogP contribution < -0.4 is 11.1 Å². The molecule has 106 valence electrons. The number of nitrogens with zero attached hydrogens (tertiary/aromatic N) is 2. The van der Waals surface area contributed by atoms with Crippen molar-refractivity contribution >= 4 is 11.7 Å². The van der Waals surface area contributed by atoms with Crippen molar-refractivity contribution in [1.82, 2.24) is 9.78 Å². The number of carbonyl (C=O) groups excluding carboxylic acids is 1. The van der Waals surface area contributed by atoms with E-state index in [1.165, 1.54) is 0 Å². The maximum Gasteiger partial charge on any atom is 0.246 e. The molecule has 3 N–H and O–H groups in total. The van der Waals surface area contributed by atoms with Gasteiger partial charge in [-0.05, 0) is 6.92 Å². The highest BCUT2D eigenvalue weighted by atomic mass is 16.5. The zero-order chi connectivity index (χ0) is 14.3. The summed E-state index contributed by atoms with van der Waals surface area (Å²) < 4.78 is 7.22. The van der Waals surface area contributed by atoms with E-state index < -0.39 is 5.54 Å². The van der Waals surface area contributed by atoms with Crippen LogP contribution in [0.25, 0.3) is 0 Å². The van der Waals surface area contributed by atoms with Crippen molar-refractivity contribution in [3.05, 3.63) is 12.3 Å². The van der Waals surface area contributed by atoms with Gasteiger partial charge in [-0.2, -0.15) is 5.10 Å². The molecule has 1 fully saturated rings. The molecule has 6 heteroatoms. The molecule has 1 aromatic rings. The lowest BCUT2D eigenvalue weighted by Gasteiger charge is -2.57. The molecule has 0 bridgehead atoms. The summed E-state index contributed by atoms with van der Waals surface area (Å²) in [7, 11) is 1.77. The molecule has 19 heavy (non-hydrogen) atoms. The second-order valence-electron chi connectivity index (χ2n) is 5.64. The van der Waals surface area contributed by atoms with Gasteiger partial charge in [0.15, 0.2) is 0 Å². The molecule has 1 saturated carbocycles. The van der Waals surface area contributed by atoms with Gasteiger partial charge in [-0.1, -0.05) is 13.8 Å². The third-order valence-corrected chi connectivity index (χ3v) is 4.30. The smallest absolute Gasteiger partial charge is 0.246 e. The van der Waals surface area contributed by atoms with Gasteiger partial charge in [0.1, 0.15) is 11.4 Å². The zero-order valence-corrected chi connectivity index (χ0v) is 11.9. The summed E-state index contributed by atoms with van der Waals surface area (Å²) in [4.78, 5) is 12.4. The predicted octanol–water partition coefficient (Wildman–Crippen LogP) is 0.891. The molecule has 0 saturated heterocycles. The molecule has 0 aliphatic heterocycles. The van der Waals surface area contributed by atoms with Crippen LogP contribution in [0.4, 0.5) is 5.82 Å². The normalized spacial score (nSPS) is 28.8. The maximum atomic E-state index is 12.4. The predicted molar refractivity (Wildman–Crippen MR) is 72.6 cm³/mol. The fourth-order valence-corrected chi connectivity index (χ4v) is 2.54. The van der Waals surface area contributed by atoms with E-state index in [9.17, 15) is 4.79 Å². The highest BCUT2D eigenvalue weighted by molar-refractivity contribution is 5.99. The van der Waals surface area contributed by atoms with Gasteiger partial charge in [-0.25, -0.2) is 0 Å². The standard InChI is InChI=1S/C13H22N4O2/c1-5-19-9-8-13(14,12(9,2)3)11(18)16-10-6-7-15-17(10)4/h6-7,9H,5,8,14H2,1-4H3,(H,16,18). The Bertz CT molecular complexity index is 483. The number of ether oxygens (including phenoxy) is 1. The lowest BCUT2D eigenvalue weighted by atomic mass is 9.54. The van der Waals surface area contributed by atoms with Gasteiger partial charge in [0.25, 0.3) is 0 Å². The topological polar surface area (TPSA) is 82.2 Å². The van der Waals surface area contributed by atoms with Crippen molar-refractivity contribution in [2.45, 2.75) is 38.8 Å². The molecule has 0 radical (unpaired) electrons. The van der Waals surface area contributed by atoms with Crippen LogP contribution in [0.1, 0.15) is 27.2 Å². The average molecular weight is 266 g/mol. The minimum absolute atomic E-state index is 0.0276. The Kier molecular flexibility index (Phi) is 3.40. The number of hydrogen-bond donors (Lipinski definition) is 2. The number of aromatic nitrogens is 2. The minimum atomic E-state index is -0.906. The quantitative estimate of drug-likeness (QED) is 0.848. The van der Waals surface area contributed by atoms with E-state index >= 15 is 0 Å². The van der Waals surface area contributed by atoms with Gasteiger partial charge < -0.3 is 15.8 Å². The van der Waals surface area contributed by atoms with Crippen molar-refractivity contribution in [2.75, 3.05) is 11.9 Å². The number of hydrogen-bond acceptors (Lipinski definition) is 4. The first-order chi connectivity index (χ1) is 8.83. The Hall–Kier alpha value is -1.40. The van der Waals surface area contributed by atoms with Crippen LogP contribution in [0.5, 0.6) is 0 Å². The Morgan fingerprint density at radius 1 is 1.68 bits per heavy atom.